The van der Waals surface area contributed by atoms with Crippen LogP contribution < -0.4 is 0 Å². The van der Waals surface area contributed by atoms with Gasteiger partial charge in [0.05, 0.1) is 11.8 Å². The molecule has 0 spiro atoms. The summed E-state index contributed by atoms with van der Waals surface area (Å²) in [5.41, 5.74) is -0.999. The summed E-state index contributed by atoms with van der Waals surface area (Å²) < 4.78 is 38.1. The van der Waals surface area contributed by atoms with Gasteiger partial charge in [-0.25, -0.2) is 4.98 Å². The largest absolute Gasteiger partial charge is 0.416 e. The van der Waals surface area contributed by atoms with Gasteiger partial charge in [-0.2, -0.15) is 13.2 Å². The van der Waals surface area contributed by atoms with Crippen LogP contribution in [0.1, 0.15) is 21.6 Å². The number of carbonyl (C=O) groups excluding carboxylic acids is 1. The zero-order valence-corrected chi connectivity index (χ0v) is 10.9. The van der Waals surface area contributed by atoms with Crippen molar-refractivity contribution < 1.29 is 18.0 Å². The molecule has 7 heteroatoms. The Labute approximate surface area is 114 Å². The van der Waals surface area contributed by atoms with Crippen molar-refractivity contribution in [2.75, 3.05) is 0 Å². The molecular weight excluding hydrogens is 325 g/mol. The number of nitrogens with zero attached hydrogens (tertiary/aromatic N) is 2. The highest BCUT2D eigenvalue weighted by molar-refractivity contribution is 9.10. The van der Waals surface area contributed by atoms with Crippen molar-refractivity contribution in [3.05, 3.63) is 58.1 Å². The molecule has 0 fully saturated rings. The van der Waals surface area contributed by atoms with E-state index in [-0.39, 0.29) is 15.7 Å². The number of benzene rings is 1. The van der Waals surface area contributed by atoms with E-state index in [2.05, 4.69) is 25.9 Å². The molecule has 0 amide bonds. The van der Waals surface area contributed by atoms with E-state index in [0.717, 1.165) is 12.1 Å². The van der Waals surface area contributed by atoms with Gasteiger partial charge in [0.1, 0.15) is 5.69 Å². The average Bonchev–Trinajstić information content (AvgIpc) is 2.38. The lowest BCUT2D eigenvalue weighted by molar-refractivity contribution is -0.137. The van der Waals surface area contributed by atoms with E-state index in [9.17, 15) is 18.0 Å². The maximum Gasteiger partial charge on any atom is 0.416 e. The summed E-state index contributed by atoms with van der Waals surface area (Å²) >= 11 is 3.06. The lowest BCUT2D eigenvalue weighted by Crippen LogP contribution is -2.10. The molecule has 0 aliphatic carbocycles. The molecule has 0 bridgehead atoms. The maximum atomic E-state index is 12.6. The minimum absolute atomic E-state index is 0.0116. The molecule has 1 aromatic heterocycles. The van der Waals surface area contributed by atoms with Crippen LogP contribution in [0.25, 0.3) is 0 Å². The third-order valence-electron chi connectivity index (χ3n) is 2.33. The van der Waals surface area contributed by atoms with Gasteiger partial charge < -0.3 is 0 Å². The van der Waals surface area contributed by atoms with Crippen LogP contribution >= 0.6 is 15.9 Å². The second kappa shape index (κ2) is 5.08. The third-order valence-corrected chi connectivity index (χ3v) is 3.03. The van der Waals surface area contributed by atoms with Gasteiger partial charge in [0.15, 0.2) is 0 Å². The first kappa shape index (κ1) is 13.7. The molecule has 1 heterocycles. The van der Waals surface area contributed by atoms with Crippen LogP contribution in [-0.2, 0) is 6.18 Å². The molecule has 2 rings (SSSR count). The number of aromatic nitrogens is 2. The van der Waals surface area contributed by atoms with Crippen molar-refractivity contribution in [1.82, 2.24) is 9.97 Å². The lowest BCUT2D eigenvalue weighted by Gasteiger charge is -2.09. The number of rotatable bonds is 2. The second-order valence-corrected chi connectivity index (χ2v) is 4.47. The van der Waals surface area contributed by atoms with Gasteiger partial charge in [0, 0.05) is 22.4 Å². The molecule has 0 unspecified atom stereocenters. The van der Waals surface area contributed by atoms with Gasteiger partial charge in [0.25, 0.3) is 0 Å². The molecule has 3 nitrogen and oxygen atoms in total. The van der Waals surface area contributed by atoms with Gasteiger partial charge in [-0.05, 0) is 18.2 Å². The van der Waals surface area contributed by atoms with Gasteiger partial charge in [-0.3, -0.25) is 9.78 Å². The van der Waals surface area contributed by atoms with Crippen LogP contribution in [0.15, 0.2) is 41.3 Å². The number of alkyl halides is 3. The van der Waals surface area contributed by atoms with Crippen molar-refractivity contribution in [3.63, 3.8) is 0 Å². The number of hydrogen-bond acceptors (Lipinski definition) is 3. The van der Waals surface area contributed by atoms with E-state index in [1.54, 1.807) is 0 Å². The van der Waals surface area contributed by atoms with Crippen molar-refractivity contribution in [2.24, 2.45) is 0 Å². The molecule has 1 aromatic carbocycles. The zero-order chi connectivity index (χ0) is 14.0. The van der Waals surface area contributed by atoms with Crippen LogP contribution in [0.2, 0.25) is 0 Å². The Bertz CT molecular complexity index is 614. The Morgan fingerprint density at radius 3 is 2.53 bits per heavy atom. The topological polar surface area (TPSA) is 42.9 Å². The Morgan fingerprint density at radius 2 is 1.95 bits per heavy atom. The van der Waals surface area contributed by atoms with Crippen LogP contribution in [0.5, 0.6) is 0 Å². The lowest BCUT2D eigenvalue weighted by atomic mass is 10.1. The van der Waals surface area contributed by atoms with E-state index in [1.807, 2.05) is 0 Å². The van der Waals surface area contributed by atoms with Crippen molar-refractivity contribution in [3.8, 4) is 0 Å². The molecule has 98 valence electrons. The number of halogens is 4. The number of ketones is 1. The van der Waals surface area contributed by atoms with E-state index in [1.165, 1.54) is 24.7 Å². The molecule has 0 aliphatic heterocycles. The van der Waals surface area contributed by atoms with Crippen molar-refractivity contribution in [2.45, 2.75) is 6.18 Å². The fourth-order valence-corrected chi connectivity index (χ4v) is 1.86. The SMILES string of the molecule is O=C(c1cnccn1)c1cc(C(F)(F)F)ccc1Br. The van der Waals surface area contributed by atoms with Crippen LogP contribution in [0, 0.1) is 0 Å². The Balaban J connectivity index is 2.48. The fourth-order valence-electron chi connectivity index (χ4n) is 1.43. The Kier molecular flexibility index (Phi) is 3.66. The van der Waals surface area contributed by atoms with Gasteiger partial charge >= 0.3 is 6.18 Å². The summed E-state index contributed by atoms with van der Waals surface area (Å²) in [5.74, 6) is -0.619. The second-order valence-electron chi connectivity index (χ2n) is 3.61. The third kappa shape index (κ3) is 2.98. The smallest absolute Gasteiger partial charge is 0.287 e. The fraction of sp³-hybridized carbons (Fsp3) is 0.0833. The quantitative estimate of drug-likeness (QED) is 0.791. The number of carbonyl (C=O) groups is 1. The molecule has 19 heavy (non-hydrogen) atoms. The first-order valence-electron chi connectivity index (χ1n) is 5.07. The van der Waals surface area contributed by atoms with Gasteiger partial charge in [-0.15, -0.1) is 0 Å². The minimum Gasteiger partial charge on any atom is -0.287 e. The predicted molar refractivity (Wildman–Crippen MR) is 64.6 cm³/mol. The summed E-state index contributed by atoms with van der Waals surface area (Å²) in [7, 11) is 0. The van der Waals surface area contributed by atoms with E-state index >= 15 is 0 Å². The standard InChI is InChI=1S/C12H6BrF3N2O/c13-9-2-1-7(12(14,15)16)5-8(9)11(19)10-6-17-3-4-18-10/h1-6H. The van der Waals surface area contributed by atoms with Crippen molar-refractivity contribution in [1.29, 1.82) is 0 Å². The summed E-state index contributed by atoms with van der Waals surface area (Å²) in [6.45, 7) is 0. The molecule has 0 atom stereocenters. The summed E-state index contributed by atoms with van der Waals surface area (Å²) in [6, 6.07) is 2.88. The summed E-state index contributed by atoms with van der Waals surface area (Å²) in [5, 5.41) is 0. The van der Waals surface area contributed by atoms with Crippen LogP contribution in [-0.4, -0.2) is 15.8 Å². The van der Waals surface area contributed by atoms with Crippen LogP contribution in [0.3, 0.4) is 0 Å². The maximum absolute atomic E-state index is 12.6. The number of hydrogen-bond donors (Lipinski definition) is 0. The first-order chi connectivity index (χ1) is 8.89. The predicted octanol–water partition coefficient (Wildman–Crippen LogP) is 3.49. The average molecular weight is 331 g/mol. The Morgan fingerprint density at radius 1 is 1.21 bits per heavy atom. The highest BCUT2D eigenvalue weighted by atomic mass is 79.9. The summed E-state index contributed by atoms with van der Waals surface area (Å²) in [4.78, 5) is 19.5. The zero-order valence-electron chi connectivity index (χ0n) is 9.28. The molecular formula is C12H6BrF3N2O. The van der Waals surface area contributed by atoms with E-state index < -0.39 is 17.5 Å². The molecule has 0 radical (unpaired) electrons. The van der Waals surface area contributed by atoms with Gasteiger partial charge in [0.2, 0.25) is 5.78 Å². The molecule has 0 saturated heterocycles. The van der Waals surface area contributed by atoms with Gasteiger partial charge in [-0.1, -0.05) is 15.9 Å². The molecule has 2 aromatic rings. The van der Waals surface area contributed by atoms with Crippen molar-refractivity contribution >= 4 is 21.7 Å². The molecule has 0 N–H and O–H groups in total. The summed E-state index contributed by atoms with van der Waals surface area (Å²) in [6.07, 6.45) is -0.625. The van der Waals surface area contributed by atoms with Crippen LogP contribution in [0.4, 0.5) is 13.2 Å². The minimum atomic E-state index is -4.50. The molecule has 0 saturated carbocycles. The highest BCUT2D eigenvalue weighted by Gasteiger charge is 2.31. The Hall–Kier alpha value is -1.76. The monoisotopic (exact) mass is 330 g/mol. The first-order valence-corrected chi connectivity index (χ1v) is 5.86. The molecule has 0 aliphatic rings. The highest BCUT2D eigenvalue weighted by Crippen LogP contribution is 2.32. The van der Waals surface area contributed by atoms with E-state index in [4.69, 9.17) is 0 Å². The normalized spacial score (nSPS) is 11.4. The van der Waals surface area contributed by atoms with E-state index in [0.29, 0.717) is 0 Å².